The fraction of sp³-hybridized carbons (Fsp3) is 0.375. The SMILES string of the molecule is CCNC(=O)Nc1ccc(-c2nc3c(c(N4CCOCC4)n2)CCN(C(=O)c2cnco2)C3)cc1. The molecule has 0 bridgehead atoms. The molecule has 1 saturated heterocycles. The number of benzene rings is 1. The number of nitrogens with one attached hydrogen (secondary N) is 2. The van der Waals surface area contributed by atoms with Crippen LogP contribution in [0.3, 0.4) is 0 Å². The van der Waals surface area contributed by atoms with Crippen molar-refractivity contribution in [1.82, 2.24) is 25.2 Å². The van der Waals surface area contributed by atoms with Crippen molar-refractivity contribution in [2.24, 2.45) is 0 Å². The van der Waals surface area contributed by atoms with Gasteiger partial charge in [-0.2, -0.15) is 0 Å². The molecule has 11 heteroatoms. The summed E-state index contributed by atoms with van der Waals surface area (Å²) in [5.41, 5.74) is 3.38. The van der Waals surface area contributed by atoms with E-state index in [1.165, 1.54) is 12.6 Å². The number of fused-ring (bicyclic) bond motifs is 1. The number of nitrogens with zero attached hydrogens (tertiary/aromatic N) is 5. The Morgan fingerprint density at radius 3 is 2.60 bits per heavy atom. The fourth-order valence-electron chi connectivity index (χ4n) is 4.27. The van der Waals surface area contributed by atoms with Crippen LogP contribution in [0.2, 0.25) is 0 Å². The van der Waals surface area contributed by atoms with Gasteiger partial charge in [-0.1, -0.05) is 0 Å². The Bertz CT molecular complexity index is 1190. The third kappa shape index (κ3) is 4.94. The number of rotatable bonds is 5. The van der Waals surface area contributed by atoms with E-state index in [1.807, 2.05) is 31.2 Å². The lowest BCUT2D eigenvalue weighted by atomic mass is 10.0. The summed E-state index contributed by atoms with van der Waals surface area (Å²) in [6, 6.07) is 7.15. The Hall–Kier alpha value is -3.99. The molecule has 0 atom stereocenters. The quantitative estimate of drug-likeness (QED) is 0.573. The Labute approximate surface area is 202 Å². The van der Waals surface area contributed by atoms with E-state index in [2.05, 4.69) is 20.5 Å². The van der Waals surface area contributed by atoms with Crippen LogP contribution in [0, 0.1) is 0 Å². The van der Waals surface area contributed by atoms with Crippen molar-refractivity contribution in [3.63, 3.8) is 0 Å². The van der Waals surface area contributed by atoms with E-state index in [0.717, 1.165) is 35.7 Å². The number of urea groups is 1. The Morgan fingerprint density at radius 1 is 1.09 bits per heavy atom. The van der Waals surface area contributed by atoms with Gasteiger partial charge in [-0.15, -0.1) is 0 Å². The molecule has 1 fully saturated rings. The van der Waals surface area contributed by atoms with Gasteiger partial charge in [0.05, 0.1) is 31.6 Å². The van der Waals surface area contributed by atoms with Crippen LogP contribution >= 0.6 is 0 Å². The molecule has 1 aromatic carbocycles. The van der Waals surface area contributed by atoms with Gasteiger partial charge in [0.2, 0.25) is 5.76 Å². The number of anilines is 2. The van der Waals surface area contributed by atoms with Crippen molar-refractivity contribution >= 4 is 23.4 Å². The minimum absolute atomic E-state index is 0.206. The zero-order chi connectivity index (χ0) is 24.2. The van der Waals surface area contributed by atoms with Gasteiger partial charge >= 0.3 is 6.03 Å². The van der Waals surface area contributed by atoms with E-state index in [-0.39, 0.29) is 17.7 Å². The molecule has 11 nitrogen and oxygen atoms in total. The van der Waals surface area contributed by atoms with Gasteiger partial charge in [0.1, 0.15) is 5.82 Å². The van der Waals surface area contributed by atoms with Crippen LogP contribution in [0.15, 0.2) is 41.3 Å². The summed E-state index contributed by atoms with van der Waals surface area (Å²) in [7, 11) is 0. The topological polar surface area (TPSA) is 126 Å². The lowest BCUT2D eigenvalue weighted by Crippen LogP contribution is -2.40. The molecule has 3 amide bonds. The van der Waals surface area contributed by atoms with Crippen molar-refractivity contribution in [2.45, 2.75) is 19.9 Å². The predicted octanol–water partition coefficient (Wildman–Crippen LogP) is 2.31. The highest BCUT2D eigenvalue weighted by Crippen LogP contribution is 2.31. The third-order valence-corrected chi connectivity index (χ3v) is 6.02. The number of carbonyl (C=O) groups is 2. The van der Waals surface area contributed by atoms with Gasteiger partial charge in [-0.25, -0.2) is 19.7 Å². The van der Waals surface area contributed by atoms with Gasteiger partial charge in [0, 0.05) is 43.0 Å². The molecule has 2 aromatic heterocycles. The van der Waals surface area contributed by atoms with E-state index >= 15 is 0 Å². The van der Waals surface area contributed by atoms with Gasteiger partial charge in [-0.05, 0) is 37.6 Å². The zero-order valence-corrected chi connectivity index (χ0v) is 19.5. The normalized spacial score (nSPS) is 15.5. The van der Waals surface area contributed by atoms with Crippen molar-refractivity contribution in [3.8, 4) is 11.4 Å². The van der Waals surface area contributed by atoms with E-state index in [1.54, 1.807) is 4.90 Å². The number of carbonyl (C=O) groups excluding carboxylic acids is 2. The maximum absolute atomic E-state index is 12.9. The molecular formula is C24H27N7O4. The van der Waals surface area contributed by atoms with Crippen molar-refractivity contribution in [3.05, 3.63) is 53.9 Å². The highest BCUT2D eigenvalue weighted by atomic mass is 16.5. The summed E-state index contributed by atoms with van der Waals surface area (Å²) in [4.78, 5) is 42.3. The first-order valence-electron chi connectivity index (χ1n) is 11.7. The standard InChI is InChI=1S/C24H27N7O4/c1-2-26-24(33)27-17-5-3-16(4-6-17)21-28-19-14-31(23(32)20-13-25-15-35-20)8-7-18(19)22(29-21)30-9-11-34-12-10-30/h3-6,13,15H,2,7-12,14H2,1H3,(H2,26,27,33). The minimum atomic E-state index is -0.253. The summed E-state index contributed by atoms with van der Waals surface area (Å²) in [6.07, 6.45) is 3.34. The maximum atomic E-state index is 12.9. The highest BCUT2D eigenvalue weighted by molar-refractivity contribution is 5.91. The largest absolute Gasteiger partial charge is 0.438 e. The second-order valence-electron chi connectivity index (χ2n) is 8.30. The molecule has 0 unspecified atom stereocenters. The molecule has 0 aliphatic carbocycles. The first kappa shape index (κ1) is 22.8. The number of hydrogen-bond acceptors (Lipinski definition) is 8. The molecule has 0 saturated carbocycles. The molecule has 4 heterocycles. The monoisotopic (exact) mass is 477 g/mol. The number of ether oxygens (including phenoxy) is 1. The second-order valence-corrected chi connectivity index (χ2v) is 8.30. The molecule has 5 rings (SSSR count). The van der Waals surface area contributed by atoms with Crippen LogP contribution < -0.4 is 15.5 Å². The predicted molar refractivity (Wildman–Crippen MR) is 128 cm³/mol. The summed E-state index contributed by atoms with van der Waals surface area (Å²) < 4.78 is 10.7. The highest BCUT2D eigenvalue weighted by Gasteiger charge is 2.29. The van der Waals surface area contributed by atoms with Crippen LogP contribution in [0.5, 0.6) is 0 Å². The number of hydrogen-bond donors (Lipinski definition) is 2. The van der Waals surface area contributed by atoms with Crippen molar-refractivity contribution in [2.75, 3.05) is 49.6 Å². The molecule has 182 valence electrons. The molecule has 2 aliphatic heterocycles. The Morgan fingerprint density at radius 2 is 1.89 bits per heavy atom. The Kier molecular flexibility index (Phi) is 6.57. The number of morpholine rings is 1. The molecule has 35 heavy (non-hydrogen) atoms. The second kappa shape index (κ2) is 10.1. The van der Waals surface area contributed by atoms with Crippen LogP contribution in [0.4, 0.5) is 16.3 Å². The molecule has 0 spiro atoms. The fourth-order valence-corrected chi connectivity index (χ4v) is 4.27. The lowest BCUT2D eigenvalue weighted by molar-refractivity contribution is 0.0699. The molecule has 0 radical (unpaired) electrons. The summed E-state index contributed by atoms with van der Waals surface area (Å²) in [6.45, 7) is 6.10. The van der Waals surface area contributed by atoms with E-state index in [0.29, 0.717) is 50.8 Å². The maximum Gasteiger partial charge on any atom is 0.319 e. The minimum Gasteiger partial charge on any atom is -0.438 e. The van der Waals surface area contributed by atoms with Gasteiger partial charge < -0.3 is 29.6 Å². The molecule has 2 N–H and O–H groups in total. The van der Waals surface area contributed by atoms with E-state index in [9.17, 15) is 9.59 Å². The van der Waals surface area contributed by atoms with Crippen LogP contribution in [0.1, 0.15) is 28.7 Å². The number of oxazole rings is 1. The van der Waals surface area contributed by atoms with Gasteiger partial charge in [0.25, 0.3) is 5.91 Å². The van der Waals surface area contributed by atoms with Crippen molar-refractivity contribution < 1.29 is 18.7 Å². The average Bonchev–Trinajstić information content (AvgIpc) is 3.43. The summed E-state index contributed by atoms with van der Waals surface area (Å²) >= 11 is 0. The third-order valence-electron chi connectivity index (χ3n) is 6.02. The smallest absolute Gasteiger partial charge is 0.319 e. The molecular weight excluding hydrogens is 450 g/mol. The van der Waals surface area contributed by atoms with E-state index in [4.69, 9.17) is 19.1 Å². The summed E-state index contributed by atoms with van der Waals surface area (Å²) in [5.74, 6) is 1.47. The molecule has 3 aromatic rings. The van der Waals surface area contributed by atoms with E-state index < -0.39 is 0 Å². The summed E-state index contributed by atoms with van der Waals surface area (Å²) in [5, 5.41) is 5.50. The number of amides is 3. The average molecular weight is 478 g/mol. The lowest BCUT2D eigenvalue weighted by Gasteiger charge is -2.34. The van der Waals surface area contributed by atoms with Crippen LogP contribution in [0.25, 0.3) is 11.4 Å². The Balaban J connectivity index is 1.46. The molecule has 2 aliphatic rings. The van der Waals surface area contributed by atoms with Crippen LogP contribution in [-0.4, -0.2) is 71.2 Å². The van der Waals surface area contributed by atoms with Gasteiger partial charge in [-0.3, -0.25) is 4.79 Å². The first-order chi connectivity index (χ1) is 17.1. The first-order valence-corrected chi connectivity index (χ1v) is 11.7. The van der Waals surface area contributed by atoms with Crippen molar-refractivity contribution in [1.29, 1.82) is 0 Å². The van der Waals surface area contributed by atoms with Crippen LogP contribution in [-0.2, 0) is 17.7 Å². The van der Waals surface area contributed by atoms with Gasteiger partial charge in [0.15, 0.2) is 12.2 Å². The number of aromatic nitrogens is 3. The zero-order valence-electron chi connectivity index (χ0n) is 19.5.